The van der Waals surface area contributed by atoms with E-state index < -0.39 is 0 Å². The zero-order valence-electron chi connectivity index (χ0n) is 12.3. The molecule has 0 bridgehead atoms. The maximum Gasteiger partial charge on any atom is 0.327 e. The number of benzene rings is 1. The Kier molecular flexibility index (Phi) is 4.79. The van der Waals surface area contributed by atoms with Gasteiger partial charge in [-0.3, -0.25) is 4.57 Å². The van der Waals surface area contributed by atoms with Crippen molar-refractivity contribution in [1.82, 2.24) is 9.55 Å². The van der Waals surface area contributed by atoms with Crippen LogP contribution in [-0.2, 0) is 17.9 Å². The molecule has 4 heteroatoms. The van der Waals surface area contributed by atoms with Crippen LogP contribution in [0.2, 0.25) is 0 Å². The Morgan fingerprint density at radius 3 is 2.55 bits per heavy atom. The van der Waals surface area contributed by atoms with Gasteiger partial charge in [0.05, 0.1) is 0 Å². The highest BCUT2D eigenvalue weighted by Crippen LogP contribution is 2.19. The lowest BCUT2D eigenvalue weighted by Gasteiger charge is -2.11. The molecule has 1 heterocycles. The Labute approximate surface area is 119 Å². The molecule has 0 aliphatic carbocycles. The molecule has 0 saturated heterocycles. The molecule has 2 aromatic rings. The third kappa shape index (κ3) is 3.20. The van der Waals surface area contributed by atoms with E-state index in [9.17, 15) is 4.79 Å². The van der Waals surface area contributed by atoms with Crippen molar-refractivity contribution in [3.8, 4) is 0 Å². The van der Waals surface area contributed by atoms with Crippen molar-refractivity contribution in [2.75, 3.05) is 6.61 Å². The van der Waals surface area contributed by atoms with Gasteiger partial charge in [0.2, 0.25) is 0 Å². The van der Waals surface area contributed by atoms with E-state index >= 15 is 0 Å². The van der Waals surface area contributed by atoms with Gasteiger partial charge in [-0.1, -0.05) is 44.2 Å². The predicted octanol–water partition coefficient (Wildman–Crippen LogP) is 2.88. The van der Waals surface area contributed by atoms with Crippen molar-refractivity contribution in [3.05, 3.63) is 57.8 Å². The van der Waals surface area contributed by atoms with Gasteiger partial charge in [0.15, 0.2) is 0 Å². The average molecular weight is 274 g/mol. The summed E-state index contributed by atoms with van der Waals surface area (Å²) in [6.07, 6.45) is 0.736. The lowest BCUT2D eigenvalue weighted by atomic mass is 10.0. The molecule has 0 amide bonds. The molecule has 0 aliphatic heterocycles. The van der Waals surface area contributed by atoms with Crippen LogP contribution in [-0.4, -0.2) is 16.2 Å². The number of hydrogen-bond acceptors (Lipinski definition) is 2. The Hall–Kier alpha value is -1.81. The summed E-state index contributed by atoms with van der Waals surface area (Å²) in [4.78, 5) is 15.1. The molecule has 0 fully saturated rings. The van der Waals surface area contributed by atoms with Crippen LogP contribution >= 0.6 is 0 Å². The molecular weight excluding hydrogens is 252 g/mol. The molecule has 0 radical (unpaired) electrons. The molecule has 0 aliphatic rings. The summed E-state index contributed by atoms with van der Waals surface area (Å²) in [5.74, 6) is 0.282. The van der Waals surface area contributed by atoms with Crippen molar-refractivity contribution in [1.29, 1.82) is 0 Å². The molecule has 108 valence electrons. The van der Waals surface area contributed by atoms with Gasteiger partial charge >= 0.3 is 5.69 Å². The minimum atomic E-state index is -0.0897. The second-order valence-electron chi connectivity index (χ2n) is 5.16. The van der Waals surface area contributed by atoms with Crippen molar-refractivity contribution in [2.24, 2.45) is 0 Å². The Morgan fingerprint density at radius 2 is 1.95 bits per heavy atom. The number of rotatable bonds is 6. The number of aromatic amines is 1. The van der Waals surface area contributed by atoms with Crippen molar-refractivity contribution in [3.63, 3.8) is 0 Å². The molecule has 0 saturated carbocycles. The van der Waals surface area contributed by atoms with Crippen LogP contribution < -0.4 is 5.69 Å². The normalized spacial score (nSPS) is 11.2. The Bertz CT molecular complexity index is 597. The monoisotopic (exact) mass is 274 g/mol. The highest BCUT2D eigenvalue weighted by Gasteiger charge is 2.16. The summed E-state index contributed by atoms with van der Waals surface area (Å²) in [6.45, 7) is 7.01. The number of nitrogens with one attached hydrogen (secondary N) is 1. The van der Waals surface area contributed by atoms with Crippen LogP contribution in [0.1, 0.15) is 43.6 Å². The number of nitrogens with zero attached hydrogens (tertiary/aromatic N) is 1. The predicted molar refractivity (Wildman–Crippen MR) is 80.0 cm³/mol. The zero-order chi connectivity index (χ0) is 14.5. The van der Waals surface area contributed by atoms with Gasteiger partial charge in [0, 0.05) is 24.4 Å². The van der Waals surface area contributed by atoms with E-state index in [1.807, 2.05) is 25.1 Å². The first-order chi connectivity index (χ1) is 9.63. The topological polar surface area (TPSA) is 47.0 Å². The minimum Gasteiger partial charge on any atom is -0.361 e. The van der Waals surface area contributed by atoms with Crippen molar-refractivity contribution < 1.29 is 4.74 Å². The van der Waals surface area contributed by atoms with Gasteiger partial charge in [0.1, 0.15) is 6.73 Å². The van der Waals surface area contributed by atoms with E-state index in [1.165, 1.54) is 5.56 Å². The van der Waals surface area contributed by atoms with E-state index in [0.29, 0.717) is 13.3 Å². The largest absolute Gasteiger partial charge is 0.361 e. The summed E-state index contributed by atoms with van der Waals surface area (Å²) in [5.41, 5.74) is 3.12. The summed E-state index contributed by atoms with van der Waals surface area (Å²) >= 11 is 0. The van der Waals surface area contributed by atoms with Crippen LogP contribution in [0.3, 0.4) is 0 Å². The maximum absolute atomic E-state index is 12.1. The molecule has 0 unspecified atom stereocenters. The number of aromatic nitrogens is 2. The molecule has 4 nitrogen and oxygen atoms in total. The van der Waals surface area contributed by atoms with Crippen LogP contribution in [0.5, 0.6) is 0 Å². The van der Waals surface area contributed by atoms with Gasteiger partial charge in [-0.15, -0.1) is 0 Å². The molecule has 1 aromatic heterocycles. The zero-order valence-corrected chi connectivity index (χ0v) is 12.3. The van der Waals surface area contributed by atoms with Crippen LogP contribution in [0, 0.1) is 0 Å². The van der Waals surface area contributed by atoms with Crippen LogP contribution in [0.15, 0.2) is 35.1 Å². The molecule has 1 aromatic carbocycles. The molecule has 1 N–H and O–H groups in total. The van der Waals surface area contributed by atoms with Gasteiger partial charge in [-0.25, -0.2) is 4.79 Å². The molecule has 20 heavy (non-hydrogen) atoms. The fourth-order valence-corrected chi connectivity index (χ4v) is 2.30. The number of hydrogen-bond donors (Lipinski definition) is 1. The lowest BCUT2D eigenvalue weighted by molar-refractivity contribution is 0.0839. The number of H-pyrrole nitrogens is 1. The number of imidazole rings is 1. The smallest absolute Gasteiger partial charge is 0.327 e. The maximum atomic E-state index is 12.1. The minimum absolute atomic E-state index is 0.0897. The first-order valence-electron chi connectivity index (χ1n) is 7.06. The third-order valence-corrected chi connectivity index (χ3v) is 3.34. The lowest BCUT2D eigenvalue weighted by Crippen LogP contribution is -2.20. The van der Waals surface area contributed by atoms with E-state index in [-0.39, 0.29) is 11.6 Å². The van der Waals surface area contributed by atoms with Crippen LogP contribution in [0.25, 0.3) is 0 Å². The molecule has 0 atom stereocenters. The second-order valence-corrected chi connectivity index (χ2v) is 5.16. The third-order valence-electron chi connectivity index (χ3n) is 3.34. The fourth-order valence-electron chi connectivity index (χ4n) is 2.30. The SMILES string of the molecule is CCOCn1c(Cc2ccccc2)c(C(C)C)[nH]c1=O. The molecule has 2 rings (SSSR count). The Balaban J connectivity index is 2.39. The van der Waals surface area contributed by atoms with E-state index in [2.05, 4.69) is 31.0 Å². The summed E-state index contributed by atoms with van der Waals surface area (Å²) in [5, 5.41) is 0. The van der Waals surface area contributed by atoms with Crippen LogP contribution in [0.4, 0.5) is 0 Å². The van der Waals surface area contributed by atoms with Crippen molar-refractivity contribution in [2.45, 2.75) is 39.8 Å². The molecular formula is C16H22N2O2. The highest BCUT2D eigenvalue weighted by molar-refractivity contribution is 5.26. The number of ether oxygens (including phenoxy) is 1. The second kappa shape index (κ2) is 6.57. The van der Waals surface area contributed by atoms with E-state index in [4.69, 9.17) is 4.74 Å². The first kappa shape index (κ1) is 14.6. The standard InChI is InChI=1S/C16H22N2O2/c1-4-20-11-18-14(10-13-8-6-5-7-9-13)15(12(2)3)17-16(18)19/h5-9,12H,4,10-11H2,1-3H3,(H,17,19). The summed E-state index contributed by atoms with van der Waals surface area (Å²) < 4.78 is 7.12. The van der Waals surface area contributed by atoms with Gasteiger partial charge in [-0.2, -0.15) is 0 Å². The Morgan fingerprint density at radius 1 is 1.25 bits per heavy atom. The van der Waals surface area contributed by atoms with E-state index in [0.717, 1.165) is 17.8 Å². The fraction of sp³-hybridized carbons (Fsp3) is 0.438. The molecule has 0 spiro atoms. The summed E-state index contributed by atoms with van der Waals surface area (Å²) in [6, 6.07) is 10.2. The van der Waals surface area contributed by atoms with Gasteiger partial charge in [0.25, 0.3) is 0 Å². The highest BCUT2D eigenvalue weighted by atomic mass is 16.5. The van der Waals surface area contributed by atoms with Gasteiger partial charge < -0.3 is 9.72 Å². The van der Waals surface area contributed by atoms with Gasteiger partial charge in [-0.05, 0) is 18.4 Å². The van der Waals surface area contributed by atoms with E-state index in [1.54, 1.807) is 4.57 Å². The first-order valence-corrected chi connectivity index (χ1v) is 7.06. The average Bonchev–Trinajstić information content (AvgIpc) is 2.74. The quantitative estimate of drug-likeness (QED) is 0.880. The summed E-state index contributed by atoms with van der Waals surface area (Å²) in [7, 11) is 0. The van der Waals surface area contributed by atoms with Crippen molar-refractivity contribution >= 4 is 0 Å².